The van der Waals surface area contributed by atoms with E-state index in [1.165, 1.54) is 19.1 Å². The first kappa shape index (κ1) is 12.8. The van der Waals surface area contributed by atoms with Crippen LogP contribution in [0.15, 0.2) is 18.2 Å². The third-order valence-corrected chi connectivity index (χ3v) is 2.55. The monoisotopic (exact) mass is 242 g/mol. The molecule has 0 radical (unpaired) electrons. The third kappa shape index (κ3) is 3.14. The van der Waals surface area contributed by atoms with Gasteiger partial charge in [-0.25, -0.2) is 4.39 Å². The summed E-state index contributed by atoms with van der Waals surface area (Å²) < 4.78 is 12.8. The molecule has 0 amide bonds. The van der Waals surface area contributed by atoms with Gasteiger partial charge in [-0.1, -0.05) is 18.5 Å². The summed E-state index contributed by atoms with van der Waals surface area (Å²) >= 11 is 5.76. The summed E-state index contributed by atoms with van der Waals surface area (Å²) in [5.74, 6) is -1.21. The predicted molar refractivity (Wildman–Crippen MR) is 60.2 cm³/mol. The Bertz CT molecular complexity index is 429. The summed E-state index contributed by atoms with van der Waals surface area (Å²) in [6.45, 7) is 3.08. The lowest BCUT2D eigenvalue weighted by Gasteiger charge is -2.09. The average Bonchev–Trinajstić information content (AvgIpc) is 2.15. The highest BCUT2D eigenvalue weighted by Gasteiger charge is 2.19. The fraction of sp³-hybridized carbons (Fsp3) is 0.333. The average molecular weight is 243 g/mol. The number of hydrogen-bond donors (Lipinski definition) is 0. The van der Waals surface area contributed by atoms with Gasteiger partial charge in [0.05, 0.1) is 5.02 Å². The van der Waals surface area contributed by atoms with E-state index < -0.39 is 11.7 Å². The summed E-state index contributed by atoms with van der Waals surface area (Å²) in [5, 5.41) is 0.0837. The highest BCUT2D eigenvalue weighted by molar-refractivity contribution is 6.34. The van der Waals surface area contributed by atoms with Crippen LogP contribution in [-0.4, -0.2) is 11.6 Å². The second kappa shape index (κ2) is 5.21. The van der Waals surface area contributed by atoms with Crippen molar-refractivity contribution < 1.29 is 14.0 Å². The van der Waals surface area contributed by atoms with E-state index in [1.54, 1.807) is 6.92 Å². The maximum Gasteiger partial charge on any atom is 0.167 e. The number of hydrogen-bond acceptors (Lipinski definition) is 2. The predicted octanol–water partition coefficient (Wildman–Crippen LogP) is 3.28. The number of carbonyl (C=O) groups excluding carboxylic acids is 2. The summed E-state index contributed by atoms with van der Waals surface area (Å²) in [5.41, 5.74) is 0.261. The molecule has 0 saturated heterocycles. The maximum absolute atomic E-state index is 12.8. The van der Waals surface area contributed by atoms with Crippen molar-refractivity contribution in [3.63, 3.8) is 0 Å². The molecular formula is C12H12ClFO2. The molecule has 0 aliphatic carbocycles. The third-order valence-electron chi connectivity index (χ3n) is 2.24. The molecule has 86 valence electrons. The number of carbonyl (C=O) groups is 2. The molecule has 0 N–H and O–H groups in total. The van der Waals surface area contributed by atoms with Gasteiger partial charge >= 0.3 is 0 Å². The quantitative estimate of drug-likeness (QED) is 0.760. The van der Waals surface area contributed by atoms with Gasteiger partial charge in [0.2, 0.25) is 0 Å². The van der Waals surface area contributed by atoms with E-state index in [9.17, 15) is 14.0 Å². The lowest BCUT2D eigenvalue weighted by molar-refractivity contribution is -0.117. The van der Waals surface area contributed by atoms with Gasteiger partial charge in [0.1, 0.15) is 11.6 Å². The van der Waals surface area contributed by atoms with Crippen molar-refractivity contribution in [3.8, 4) is 0 Å². The maximum atomic E-state index is 12.8. The molecule has 1 unspecified atom stereocenters. The van der Waals surface area contributed by atoms with Crippen molar-refractivity contribution in [2.45, 2.75) is 20.3 Å². The Balaban J connectivity index is 2.92. The zero-order valence-corrected chi connectivity index (χ0v) is 9.84. The van der Waals surface area contributed by atoms with Gasteiger partial charge in [-0.2, -0.15) is 0 Å². The molecule has 4 heteroatoms. The second-order valence-electron chi connectivity index (χ2n) is 3.80. The van der Waals surface area contributed by atoms with Crippen LogP contribution >= 0.6 is 11.6 Å². The van der Waals surface area contributed by atoms with Crippen LogP contribution in [0.4, 0.5) is 4.39 Å². The molecule has 1 rings (SSSR count). The second-order valence-corrected chi connectivity index (χ2v) is 4.20. The van der Waals surface area contributed by atoms with Gasteiger partial charge in [0.25, 0.3) is 0 Å². The fourth-order valence-electron chi connectivity index (χ4n) is 1.48. The van der Waals surface area contributed by atoms with Crippen LogP contribution < -0.4 is 0 Å². The Morgan fingerprint density at radius 1 is 1.44 bits per heavy atom. The van der Waals surface area contributed by atoms with Gasteiger partial charge in [0.15, 0.2) is 5.78 Å². The van der Waals surface area contributed by atoms with Crippen molar-refractivity contribution >= 4 is 23.2 Å². The topological polar surface area (TPSA) is 34.1 Å². The van der Waals surface area contributed by atoms with E-state index >= 15 is 0 Å². The molecule has 1 atom stereocenters. The molecular weight excluding hydrogens is 231 g/mol. The van der Waals surface area contributed by atoms with Gasteiger partial charge in [-0.05, 0) is 25.1 Å². The van der Waals surface area contributed by atoms with E-state index in [0.717, 1.165) is 6.07 Å². The standard InChI is InChI=1S/C12H12ClFO2/c1-7(5-8(2)15)12(16)10-4-3-9(14)6-11(10)13/h3-4,6-7H,5H2,1-2H3. The van der Waals surface area contributed by atoms with Gasteiger partial charge in [-0.3, -0.25) is 4.79 Å². The number of ketones is 2. The first-order valence-corrected chi connectivity index (χ1v) is 5.28. The first-order valence-electron chi connectivity index (χ1n) is 4.90. The number of rotatable bonds is 4. The molecule has 16 heavy (non-hydrogen) atoms. The van der Waals surface area contributed by atoms with E-state index in [2.05, 4.69) is 0 Å². The summed E-state index contributed by atoms with van der Waals surface area (Å²) in [4.78, 5) is 22.7. The largest absolute Gasteiger partial charge is 0.300 e. The molecule has 0 aromatic heterocycles. The molecule has 0 spiro atoms. The molecule has 0 aliphatic rings. The minimum absolute atomic E-state index is 0.0564. The number of halogens is 2. The molecule has 1 aromatic carbocycles. The number of benzene rings is 1. The van der Waals surface area contributed by atoms with Crippen LogP contribution in [0.1, 0.15) is 30.6 Å². The fourth-order valence-corrected chi connectivity index (χ4v) is 1.74. The van der Waals surface area contributed by atoms with Crippen molar-refractivity contribution in [2.24, 2.45) is 5.92 Å². The van der Waals surface area contributed by atoms with Crippen LogP contribution in [0.25, 0.3) is 0 Å². The Hall–Kier alpha value is -1.22. The Kier molecular flexibility index (Phi) is 4.19. The SMILES string of the molecule is CC(=O)CC(C)C(=O)c1ccc(F)cc1Cl. The molecule has 0 saturated carbocycles. The zero-order valence-electron chi connectivity index (χ0n) is 9.09. The Labute approximate surface area is 98.4 Å². The molecule has 1 aromatic rings. The minimum atomic E-state index is -0.485. The minimum Gasteiger partial charge on any atom is -0.300 e. The Morgan fingerprint density at radius 2 is 2.06 bits per heavy atom. The van der Waals surface area contributed by atoms with E-state index in [4.69, 9.17) is 11.6 Å². The summed E-state index contributed by atoms with van der Waals surface area (Å²) in [6, 6.07) is 3.62. The van der Waals surface area contributed by atoms with Crippen LogP contribution in [0.2, 0.25) is 5.02 Å². The highest BCUT2D eigenvalue weighted by Crippen LogP contribution is 2.21. The Morgan fingerprint density at radius 3 is 2.56 bits per heavy atom. The van der Waals surface area contributed by atoms with Crippen LogP contribution in [0.5, 0.6) is 0 Å². The van der Waals surface area contributed by atoms with Crippen LogP contribution in [-0.2, 0) is 4.79 Å². The van der Waals surface area contributed by atoms with E-state index in [-0.39, 0.29) is 28.6 Å². The van der Waals surface area contributed by atoms with Crippen LogP contribution in [0.3, 0.4) is 0 Å². The molecule has 0 aliphatic heterocycles. The van der Waals surface area contributed by atoms with Crippen molar-refractivity contribution in [2.75, 3.05) is 0 Å². The first-order chi connectivity index (χ1) is 7.41. The summed E-state index contributed by atoms with van der Waals surface area (Å²) in [7, 11) is 0. The highest BCUT2D eigenvalue weighted by atomic mass is 35.5. The van der Waals surface area contributed by atoms with Gasteiger partial charge in [0, 0.05) is 17.9 Å². The van der Waals surface area contributed by atoms with E-state index in [1.807, 2.05) is 0 Å². The smallest absolute Gasteiger partial charge is 0.167 e. The lowest BCUT2D eigenvalue weighted by atomic mass is 9.95. The number of Topliss-reactive ketones (excluding diaryl/α,β-unsaturated/α-hetero) is 2. The van der Waals surface area contributed by atoms with Crippen molar-refractivity contribution in [3.05, 3.63) is 34.6 Å². The lowest BCUT2D eigenvalue weighted by Crippen LogP contribution is -2.14. The normalized spacial score (nSPS) is 12.2. The van der Waals surface area contributed by atoms with Gasteiger partial charge < -0.3 is 4.79 Å². The van der Waals surface area contributed by atoms with Crippen LogP contribution in [0, 0.1) is 11.7 Å². The molecule has 0 fully saturated rings. The van der Waals surface area contributed by atoms with Crippen molar-refractivity contribution in [1.82, 2.24) is 0 Å². The zero-order chi connectivity index (χ0) is 12.3. The summed E-state index contributed by atoms with van der Waals surface area (Å²) in [6.07, 6.45) is 0.173. The molecule has 0 bridgehead atoms. The van der Waals surface area contributed by atoms with Crippen molar-refractivity contribution in [1.29, 1.82) is 0 Å². The van der Waals surface area contributed by atoms with E-state index in [0.29, 0.717) is 0 Å². The molecule has 0 heterocycles. The molecule has 2 nitrogen and oxygen atoms in total. The van der Waals surface area contributed by atoms with Gasteiger partial charge in [-0.15, -0.1) is 0 Å².